The lowest BCUT2D eigenvalue weighted by Gasteiger charge is -2.42. The summed E-state index contributed by atoms with van der Waals surface area (Å²) in [5.41, 5.74) is 0.0144. The number of hydrogen-bond acceptors (Lipinski definition) is 6. The van der Waals surface area contributed by atoms with Crippen LogP contribution in [0.15, 0.2) is 0 Å². The van der Waals surface area contributed by atoms with Crippen molar-refractivity contribution in [3.63, 3.8) is 0 Å². The van der Waals surface area contributed by atoms with Gasteiger partial charge < -0.3 is 23.7 Å². The van der Waals surface area contributed by atoms with Crippen LogP contribution in [0.5, 0.6) is 0 Å². The summed E-state index contributed by atoms with van der Waals surface area (Å²) in [6.07, 6.45) is 5.54. The van der Waals surface area contributed by atoms with Crippen molar-refractivity contribution in [3.8, 4) is 0 Å². The van der Waals surface area contributed by atoms with Gasteiger partial charge in [0, 0.05) is 10.8 Å². The molecule has 2 aliphatic rings. The van der Waals surface area contributed by atoms with Crippen LogP contribution in [0.25, 0.3) is 0 Å². The molecule has 0 bridgehead atoms. The maximum Gasteiger partial charge on any atom is 0.308 e. The number of rotatable bonds is 9. The Kier molecular flexibility index (Phi) is 8.16. The Morgan fingerprint density at radius 3 is 1.41 bits per heavy atom. The van der Waals surface area contributed by atoms with Gasteiger partial charge in [0.05, 0.1) is 39.5 Å². The maximum atomic E-state index is 12.3. The highest BCUT2D eigenvalue weighted by molar-refractivity contribution is 5.72. The van der Waals surface area contributed by atoms with E-state index in [1.165, 1.54) is 7.11 Å². The van der Waals surface area contributed by atoms with E-state index in [9.17, 15) is 4.79 Å². The van der Waals surface area contributed by atoms with Crippen LogP contribution in [0.2, 0.25) is 0 Å². The van der Waals surface area contributed by atoms with Crippen LogP contribution < -0.4 is 0 Å². The largest absolute Gasteiger partial charge is 0.469 e. The summed E-state index contributed by atoms with van der Waals surface area (Å²) < 4.78 is 28.4. The van der Waals surface area contributed by atoms with Crippen molar-refractivity contribution in [2.24, 2.45) is 16.7 Å². The molecule has 6 heteroatoms. The Balaban J connectivity index is 1.76. The third-order valence-corrected chi connectivity index (χ3v) is 6.27. The molecule has 0 aromatic heterocycles. The van der Waals surface area contributed by atoms with Gasteiger partial charge in [0.25, 0.3) is 0 Å². The third kappa shape index (κ3) is 7.82. The molecule has 0 amide bonds. The van der Waals surface area contributed by atoms with Crippen LogP contribution in [0.4, 0.5) is 0 Å². The molecule has 0 aromatic carbocycles. The van der Waals surface area contributed by atoms with Crippen LogP contribution in [0, 0.1) is 16.7 Å². The third-order valence-electron chi connectivity index (χ3n) is 6.27. The van der Waals surface area contributed by atoms with E-state index in [1.807, 2.05) is 27.7 Å². The number of carbonyl (C=O) groups is 1. The van der Waals surface area contributed by atoms with E-state index in [1.54, 1.807) is 0 Å². The maximum absolute atomic E-state index is 12.3. The van der Waals surface area contributed by atoms with E-state index in [2.05, 4.69) is 13.8 Å². The average molecular weight is 415 g/mol. The molecule has 0 aliphatic carbocycles. The summed E-state index contributed by atoms with van der Waals surface area (Å²) in [5, 5.41) is 0. The molecular weight excluding hydrogens is 372 g/mol. The van der Waals surface area contributed by atoms with Gasteiger partial charge in [-0.1, -0.05) is 26.7 Å². The van der Waals surface area contributed by atoms with Gasteiger partial charge in [0.1, 0.15) is 0 Å². The molecule has 2 fully saturated rings. The van der Waals surface area contributed by atoms with E-state index in [0.29, 0.717) is 26.4 Å². The lowest BCUT2D eigenvalue weighted by molar-refractivity contribution is -0.283. The number of methoxy groups -OCH3 is 1. The van der Waals surface area contributed by atoms with Crippen LogP contribution in [-0.4, -0.2) is 51.1 Å². The normalized spacial score (nSPS) is 25.0. The lowest BCUT2D eigenvalue weighted by Crippen LogP contribution is -2.45. The summed E-state index contributed by atoms with van der Waals surface area (Å²) in [5.74, 6) is -1.15. The Hall–Kier alpha value is -0.690. The zero-order valence-corrected chi connectivity index (χ0v) is 19.6. The zero-order chi connectivity index (χ0) is 21.8. The average Bonchev–Trinajstić information content (AvgIpc) is 2.66. The smallest absolute Gasteiger partial charge is 0.308 e. The molecule has 0 N–H and O–H groups in total. The second kappa shape index (κ2) is 9.63. The summed E-state index contributed by atoms with van der Waals surface area (Å²) in [6.45, 7) is 15.0. The second-order valence-electron chi connectivity index (χ2n) is 10.6. The summed E-state index contributed by atoms with van der Waals surface area (Å²) in [6, 6.07) is 0. The molecule has 2 rings (SSSR count). The van der Waals surface area contributed by atoms with Gasteiger partial charge in [-0.05, 0) is 53.4 Å². The number of ether oxygens (including phenoxy) is 5. The highest BCUT2D eigenvalue weighted by Crippen LogP contribution is 2.36. The number of esters is 1. The monoisotopic (exact) mass is 414 g/mol. The number of hydrogen-bond donors (Lipinski definition) is 0. The standard InChI is InChI=1S/C23H42O6/c1-20(2)26-14-22(5,15-27-20)12-8-10-18(19(24)25-7)11-9-13-23(6)16-28-21(3,4)29-17-23/h18H,8-17H2,1-7H3. The highest BCUT2D eigenvalue weighted by Gasteiger charge is 2.38. The van der Waals surface area contributed by atoms with Gasteiger partial charge in [-0.3, -0.25) is 4.79 Å². The van der Waals surface area contributed by atoms with E-state index >= 15 is 0 Å². The summed E-state index contributed by atoms with van der Waals surface area (Å²) >= 11 is 0. The van der Waals surface area contributed by atoms with Gasteiger partial charge in [-0.15, -0.1) is 0 Å². The van der Waals surface area contributed by atoms with Gasteiger partial charge in [-0.25, -0.2) is 0 Å². The molecule has 2 aliphatic heterocycles. The molecule has 29 heavy (non-hydrogen) atoms. The fraction of sp³-hybridized carbons (Fsp3) is 0.957. The van der Waals surface area contributed by atoms with Crippen molar-refractivity contribution in [3.05, 3.63) is 0 Å². The van der Waals surface area contributed by atoms with Crippen LogP contribution in [-0.2, 0) is 28.5 Å². The Morgan fingerprint density at radius 2 is 1.10 bits per heavy atom. The molecule has 0 saturated carbocycles. The quantitative estimate of drug-likeness (QED) is 0.510. The first-order valence-electron chi connectivity index (χ1n) is 11.0. The topological polar surface area (TPSA) is 63.2 Å². The Labute approximate surface area is 176 Å². The van der Waals surface area contributed by atoms with Crippen LogP contribution >= 0.6 is 0 Å². The molecule has 0 atom stereocenters. The minimum atomic E-state index is -0.494. The van der Waals surface area contributed by atoms with Crippen molar-refractivity contribution in [1.82, 2.24) is 0 Å². The van der Waals surface area contributed by atoms with Gasteiger partial charge >= 0.3 is 5.97 Å². The van der Waals surface area contributed by atoms with Gasteiger partial charge in [0.2, 0.25) is 0 Å². The lowest BCUT2D eigenvalue weighted by atomic mass is 9.82. The van der Waals surface area contributed by atoms with Crippen molar-refractivity contribution < 1.29 is 28.5 Å². The molecule has 0 radical (unpaired) electrons. The van der Waals surface area contributed by atoms with Gasteiger partial charge in [-0.2, -0.15) is 0 Å². The summed E-state index contributed by atoms with van der Waals surface area (Å²) in [7, 11) is 1.48. The van der Waals surface area contributed by atoms with E-state index in [4.69, 9.17) is 23.7 Å². The Bertz CT molecular complexity index is 481. The first-order chi connectivity index (χ1) is 13.4. The van der Waals surface area contributed by atoms with Crippen molar-refractivity contribution in [2.45, 2.75) is 91.6 Å². The fourth-order valence-electron chi connectivity index (χ4n) is 3.94. The predicted octanol–water partition coefficient (Wildman–Crippen LogP) is 4.69. The van der Waals surface area contributed by atoms with Crippen molar-refractivity contribution >= 4 is 5.97 Å². The summed E-state index contributed by atoms with van der Waals surface area (Å²) in [4.78, 5) is 12.3. The SMILES string of the molecule is COC(=O)C(CCCC1(C)COC(C)(C)OC1)CCCC1(C)COC(C)(C)OC1. The molecule has 0 unspecified atom stereocenters. The fourth-order valence-corrected chi connectivity index (χ4v) is 3.94. The highest BCUT2D eigenvalue weighted by atomic mass is 16.7. The molecular formula is C23H42O6. The first-order valence-corrected chi connectivity index (χ1v) is 11.0. The van der Waals surface area contributed by atoms with E-state index in [0.717, 1.165) is 38.5 Å². The minimum absolute atomic E-state index is 0.00719. The zero-order valence-electron chi connectivity index (χ0n) is 19.6. The van der Waals surface area contributed by atoms with Crippen LogP contribution in [0.1, 0.15) is 80.1 Å². The second-order valence-corrected chi connectivity index (χ2v) is 10.6. The van der Waals surface area contributed by atoms with Crippen molar-refractivity contribution in [2.75, 3.05) is 33.5 Å². The van der Waals surface area contributed by atoms with Gasteiger partial charge in [0.15, 0.2) is 11.6 Å². The predicted molar refractivity (Wildman–Crippen MR) is 111 cm³/mol. The first kappa shape index (κ1) is 24.6. The Morgan fingerprint density at radius 1 is 0.759 bits per heavy atom. The van der Waals surface area contributed by atoms with Crippen molar-refractivity contribution in [1.29, 1.82) is 0 Å². The van der Waals surface area contributed by atoms with E-state index < -0.39 is 11.6 Å². The molecule has 2 saturated heterocycles. The molecule has 0 aromatic rings. The van der Waals surface area contributed by atoms with Crippen LogP contribution in [0.3, 0.4) is 0 Å². The molecule has 0 spiro atoms. The molecule has 6 nitrogen and oxygen atoms in total. The minimum Gasteiger partial charge on any atom is -0.469 e. The molecule has 2 heterocycles. The molecule has 170 valence electrons. The van der Waals surface area contributed by atoms with E-state index in [-0.39, 0.29) is 22.7 Å². The number of carbonyl (C=O) groups excluding carboxylic acids is 1.